The lowest BCUT2D eigenvalue weighted by Gasteiger charge is -2.29. The van der Waals surface area contributed by atoms with Gasteiger partial charge in [-0.25, -0.2) is 0 Å². The maximum atomic E-state index is 13.0. The van der Waals surface area contributed by atoms with Gasteiger partial charge in [-0.2, -0.15) is 0 Å². The Balaban J connectivity index is 1.20. The first-order chi connectivity index (χ1) is 16.1. The molecule has 2 N–H and O–H groups in total. The van der Waals surface area contributed by atoms with Gasteiger partial charge in [-0.05, 0) is 92.3 Å². The van der Waals surface area contributed by atoms with Crippen LogP contribution >= 0.6 is 0 Å². The molecular weight excluding hydrogens is 412 g/mol. The molecule has 0 bridgehead atoms. The highest BCUT2D eigenvalue weighted by Crippen LogP contribution is 2.31. The summed E-state index contributed by atoms with van der Waals surface area (Å²) in [6.07, 6.45) is 6.59. The minimum Gasteiger partial charge on any atom is -0.493 e. The third kappa shape index (κ3) is 5.96. The maximum Gasteiger partial charge on any atom is 0.220 e. The van der Waals surface area contributed by atoms with Crippen molar-refractivity contribution in [2.75, 3.05) is 26.2 Å². The minimum absolute atomic E-state index is 0.0421. The Morgan fingerprint density at radius 3 is 2.30 bits per heavy atom. The van der Waals surface area contributed by atoms with E-state index in [0.717, 1.165) is 43.9 Å². The number of hydrogen-bond acceptors (Lipinski definition) is 4. The van der Waals surface area contributed by atoms with E-state index in [-0.39, 0.29) is 11.9 Å². The fourth-order valence-corrected chi connectivity index (χ4v) is 5.28. The van der Waals surface area contributed by atoms with Crippen molar-refractivity contribution in [3.05, 3.63) is 65.2 Å². The van der Waals surface area contributed by atoms with Crippen LogP contribution in [0.25, 0.3) is 0 Å². The molecule has 1 heterocycles. The maximum absolute atomic E-state index is 13.0. The van der Waals surface area contributed by atoms with Crippen LogP contribution in [0.2, 0.25) is 0 Å². The molecule has 1 aliphatic heterocycles. The van der Waals surface area contributed by atoms with Crippen LogP contribution < -0.4 is 10.1 Å². The first-order valence-electron chi connectivity index (χ1n) is 12.6. The van der Waals surface area contributed by atoms with Crippen LogP contribution in [0.3, 0.4) is 0 Å². The molecule has 5 heteroatoms. The van der Waals surface area contributed by atoms with E-state index in [4.69, 9.17) is 4.74 Å². The second-order valence-corrected chi connectivity index (χ2v) is 10.2. The molecular formula is C28H36N2O3. The predicted molar refractivity (Wildman–Crippen MR) is 129 cm³/mol. The Bertz CT molecular complexity index is 909. The van der Waals surface area contributed by atoms with Crippen LogP contribution in [0, 0.1) is 11.8 Å². The Hall–Kier alpha value is -2.37. The van der Waals surface area contributed by atoms with Crippen LogP contribution in [0.15, 0.2) is 48.5 Å². The van der Waals surface area contributed by atoms with Crippen LogP contribution in [-0.2, 0) is 17.6 Å². The molecule has 1 saturated heterocycles. The lowest BCUT2D eigenvalue weighted by molar-refractivity contribution is -0.123. The molecule has 0 spiro atoms. The van der Waals surface area contributed by atoms with Crippen molar-refractivity contribution < 1.29 is 14.6 Å². The van der Waals surface area contributed by atoms with E-state index in [1.807, 2.05) is 24.3 Å². The quantitative estimate of drug-likeness (QED) is 0.579. The number of amides is 1. The van der Waals surface area contributed by atoms with Crippen LogP contribution in [0.4, 0.5) is 0 Å². The summed E-state index contributed by atoms with van der Waals surface area (Å²) in [5, 5.41) is 14.4. The molecule has 33 heavy (non-hydrogen) atoms. The molecule has 3 aliphatic rings. The molecule has 1 unspecified atom stereocenters. The molecule has 2 aromatic carbocycles. The largest absolute Gasteiger partial charge is 0.493 e. The van der Waals surface area contributed by atoms with Crippen LogP contribution in [0.5, 0.6) is 5.75 Å². The summed E-state index contributed by atoms with van der Waals surface area (Å²) >= 11 is 0. The zero-order valence-electron chi connectivity index (χ0n) is 19.4. The predicted octanol–water partition coefficient (Wildman–Crippen LogP) is 3.89. The van der Waals surface area contributed by atoms with E-state index in [0.29, 0.717) is 24.8 Å². The Kier molecular flexibility index (Phi) is 6.98. The van der Waals surface area contributed by atoms with Gasteiger partial charge in [-0.3, -0.25) is 4.79 Å². The highest BCUT2D eigenvalue weighted by molar-refractivity contribution is 5.77. The van der Waals surface area contributed by atoms with Crippen LogP contribution in [-0.4, -0.2) is 48.2 Å². The van der Waals surface area contributed by atoms with Gasteiger partial charge in [0.05, 0.1) is 12.6 Å². The average molecular weight is 449 g/mol. The van der Waals surface area contributed by atoms with Gasteiger partial charge in [0, 0.05) is 13.0 Å². The van der Waals surface area contributed by atoms with Gasteiger partial charge in [0.15, 0.2) is 0 Å². The van der Waals surface area contributed by atoms with Gasteiger partial charge in [0.1, 0.15) is 11.9 Å². The molecule has 5 nitrogen and oxygen atoms in total. The zero-order valence-corrected chi connectivity index (χ0v) is 19.4. The van der Waals surface area contributed by atoms with Crippen molar-refractivity contribution in [3.63, 3.8) is 0 Å². The molecule has 1 amide bonds. The average Bonchev–Trinajstić information content (AvgIpc) is 3.34. The summed E-state index contributed by atoms with van der Waals surface area (Å²) in [4.78, 5) is 15.4. The monoisotopic (exact) mass is 448 g/mol. The molecule has 5 rings (SSSR count). The molecule has 0 radical (unpaired) electrons. The summed E-state index contributed by atoms with van der Waals surface area (Å²) in [5.41, 5.74) is 3.56. The van der Waals surface area contributed by atoms with Gasteiger partial charge in [0.25, 0.3) is 0 Å². The third-order valence-electron chi connectivity index (χ3n) is 7.39. The molecule has 176 valence electrons. The van der Waals surface area contributed by atoms with E-state index >= 15 is 0 Å². The number of aliphatic hydroxyl groups excluding tert-OH is 1. The number of carbonyl (C=O) groups is 1. The number of rotatable bonds is 10. The SMILES string of the molecule is O=C(CC1Cc2ccccc2C1)NC(CN1CCCC1)[C@H](O)c1ccc(OCC2CC2)cc1. The van der Waals surface area contributed by atoms with E-state index in [1.54, 1.807) is 0 Å². The van der Waals surface area contributed by atoms with Gasteiger partial charge in [0.2, 0.25) is 5.91 Å². The molecule has 2 aromatic rings. The second kappa shape index (κ2) is 10.3. The summed E-state index contributed by atoms with van der Waals surface area (Å²) in [5.74, 6) is 1.94. The number of aliphatic hydroxyl groups is 1. The number of benzene rings is 2. The molecule has 2 aliphatic carbocycles. The van der Waals surface area contributed by atoms with Crippen molar-refractivity contribution in [1.29, 1.82) is 0 Å². The number of carbonyl (C=O) groups excluding carboxylic acids is 1. The highest BCUT2D eigenvalue weighted by Gasteiger charge is 2.29. The van der Waals surface area contributed by atoms with Crippen molar-refractivity contribution in [2.45, 2.75) is 57.1 Å². The number of hydrogen-bond donors (Lipinski definition) is 2. The summed E-state index contributed by atoms with van der Waals surface area (Å²) < 4.78 is 5.84. The molecule has 2 atom stereocenters. The van der Waals surface area contributed by atoms with Crippen molar-refractivity contribution in [3.8, 4) is 5.75 Å². The van der Waals surface area contributed by atoms with Gasteiger partial charge in [-0.1, -0.05) is 36.4 Å². The number of ether oxygens (including phenoxy) is 1. The number of fused-ring (bicyclic) bond motifs is 1. The van der Waals surface area contributed by atoms with Crippen molar-refractivity contribution in [2.24, 2.45) is 11.8 Å². The standard InChI is InChI=1S/C28H36N2O3/c31-27(17-21-15-23-5-1-2-6-24(23)16-21)29-26(18-30-13-3-4-14-30)28(32)22-9-11-25(12-10-22)33-19-20-7-8-20/h1-2,5-6,9-12,20-21,26,28,32H,3-4,7-8,13-19H2,(H,29,31)/t26?,28-/m1/s1. The van der Waals surface area contributed by atoms with E-state index in [2.05, 4.69) is 34.5 Å². The second-order valence-electron chi connectivity index (χ2n) is 10.2. The van der Waals surface area contributed by atoms with E-state index in [9.17, 15) is 9.90 Å². The van der Waals surface area contributed by atoms with E-state index < -0.39 is 6.10 Å². The summed E-state index contributed by atoms with van der Waals surface area (Å²) in [6, 6.07) is 15.9. The first-order valence-corrected chi connectivity index (χ1v) is 12.6. The van der Waals surface area contributed by atoms with Crippen molar-refractivity contribution in [1.82, 2.24) is 10.2 Å². The lowest BCUT2D eigenvalue weighted by Crippen LogP contribution is -2.47. The topological polar surface area (TPSA) is 61.8 Å². The zero-order chi connectivity index (χ0) is 22.6. The van der Waals surface area contributed by atoms with E-state index in [1.165, 1.54) is 36.8 Å². The molecule has 2 fully saturated rings. The number of nitrogens with one attached hydrogen (secondary N) is 1. The Labute approximate surface area is 197 Å². The third-order valence-corrected chi connectivity index (χ3v) is 7.39. The number of likely N-dealkylation sites (tertiary alicyclic amines) is 1. The summed E-state index contributed by atoms with van der Waals surface area (Å²) in [7, 11) is 0. The number of nitrogens with zero attached hydrogens (tertiary/aromatic N) is 1. The molecule has 0 aromatic heterocycles. The van der Waals surface area contributed by atoms with Crippen LogP contribution in [0.1, 0.15) is 54.9 Å². The van der Waals surface area contributed by atoms with Gasteiger partial charge in [-0.15, -0.1) is 0 Å². The smallest absolute Gasteiger partial charge is 0.220 e. The van der Waals surface area contributed by atoms with Crippen molar-refractivity contribution >= 4 is 5.91 Å². The minimum atomic E-state index is -0.743. The Morgan fingerprint density at radius 1 is 1.00 bits per heavy atom. The molecule has 1 saturated carbocycles. The Morgan fingerprint density at radius 2 is 1.67 bits per heavy atom. The first kappa shape index (κ1) is 22.4. The fraction of sp³-hybridized carbons (Fsp3) is 0.536. The summed E-state index contributed by atoms with van der Waals surface area (Å²) in [6.45, 7) is 3.52. The fourth-order valence-electron chi connectivity index (χ4n) is 5.28. The lowest BCUT2D eigenvalue weighted by atomic mass is 9.99. The van der Waals surface area contributed by atoms with Gasteiger partial charge < -0.3 is 20.1 Å². The highest BCUT2D eigenvalue weighted by atomic mass is 16.5. The van der Waals surface area contributed by atoms with Gasteiger partial charge >= 0.3 is 0 Å². The normalized spacial score (nSPS) is 20.4.